The molecule has 2 aromatic rings. The van der Waals surface area contributed by atoms with E-state index in [1.54, 1.807) is 24.3 Å². The number of sulfonamides is 1. The van der Waals surface area contributed by atoms with E-state index in [2.05, 4.69) is 9.46 Å². The lowest BCUT2D eigenvalue weighted by Crippen LogP contribution is -2.16. The standard InChI is InChI=1S/C18H21NO7S2/c1-5-10-26-13-9-7-6-8-12(13)19-28(22,23)18-14(16(20)24-3)11(2)15(27-18)17(21)25-4/h6-9,19H,5,10H2,1-4H3. The summed E-state index contributed by atoms with van der Waals surface area (Å²) in [6.45, 7) is 3.81. The highest BCUT2D eigenvalue weighted by atomic mass is 32.2. The SMILES string of the molecule is CCCOc1ccccc1NS(=O)(=O)c1sc(C(=O)OC)c(C)c1C(=O)OC. The van der Waals surface area contributed by atoms with Gasteiger partial charge >= 0.3 is 11.9 Å². The summed E-state index contributed by atoms with van der Waals surface area (Å²) in [5.41, 5.74) is 0.199. The van der Waals surface area contributed by atoms with Gasteiger partial charge in [-0.05, 0) is 31.0 Å². The van der Waals surface area contributed by atoms with Crippen molar-refractivity contribution >= 4 is 39.0 Å². The number of hydrogen-bond donors (Lipinski definition) is 1. The Morgan fingerprint density at radius 1 is 1.11 bits per heavy atom. The third-order valence-electron chi connectivity index (χ3n) is 3.71. The molecule has 0 saturated heterocycles. The minimum absolute atomic E-state index is 0.0128. The van der Waals surface area contributed by atoms with Crippen LogP contribution in [0.15, 0.2) is 28.5 Å². The Morgan fingerprint density at radius 3 is 2.36 bits per heavy atom. The number of methoxy groups -OCH3 is 2. The molecule has 152 valence electrons. The van der Waals surface area contributed by atoms with Crippen LogP contribution in [0.1, 0.15) is 38.9 Å². The molecule has 0 amide bonds. The molecule has 0 aliphatic carbocycles. The van der Waals surface area contributed by atoms with Gasteiger partial charge in [0.15, 0.2) is 4.21 Å². The van der Waals surface area contributed by atoms with Gasteiger partial charge in [-0.25, -0.2) is 18.0 Å². The van der Waals surface area contributed by atoms with E-state index in [4.69, 9.17) is 9.47 Å². The maximum Gasteiger partial charge on any atom is 0.348 e. The molecule has 0 radical (unpaired) electrons. The Morgan fingerprint density at radius 2 is 1.75 bits per heavy atom. The first-order valence-corrected chi connectivity index (χ1v) is 10.6. The van der Waals surface area contributed by atoms with Crippen molar-refractivity contribution in [3.8, 4) is 5.75 Å². The van der Waals surface area contributed by atoms with Crippen LogP contribution < -0.4 is 9.46 Å². The summed E-state index contributed by atoms with van der Waals surface area (Å²) < 4.78 is 43.1. The maximum atomic E-state index is 13.0. The molecule has 8 nitrogen and oxygen atoms in total. The molecule has 0 unspecified atom stereocenters. The first-order valence-electron chi connectivity index (χ1n) is 8.31. The molecular formula is C18H21NO7S2. The normalized spacial score (nSPS) is 11.0. The Bertz CT molecular complexity index is 980. The lowest BCUT2D eigenvalue weighted by atomic mass is 10.2. The van der Waals surface area contributed by atoms with Gasteiger partial charge < -0.3 is 14.2 Å². The van der Waals surface area contributed by atoms with Crippen molar-refractivity contribution in [2.75, 3.05) is 25.5 Å². The fraction of sp³-hybridized carbons (Fsp3) is 0.333. The molecule has 28 heavy (non-hydrogen) atoms. The Hall–Kier alpha value is -2.59. The number of carbonyl (C=O) groups is 2. The zero-order valence-corrected chi connectivity index (χ0v) is 17.5. The van der Waals surface area contributed by atoms with Crippen molar-refractivity contribution in [3.05, 3.63) is 40.3 Å². The second kappa shape index (κ2) is 9.07. The van der Waals surface area contributed by atoms with E-state index in [0.29, 0.717) is 23.7 Å². The summed E-state index contributed by atoms with van der Waals surface area (Å²) in [7, 11) is -1.90. The molecule has 2 rings (SSSR count). The van der Waals surface area contributed by atoms with E-state index in [0.717, 1.165) is 13.5 Å². The Labute approximate surface area is 167 Å². The molecule has 0 fully saturated rings. The molecule has 1 N–H and O–H groups in total. The predicted octanol–water partition coefficient (Wildman–Crippen LogP) is 3.22. The smallest absolute Gasteiger partial charge is 0.348 e. The molecule has 0 saturated carbocycles. The average Bonchev–Trinajstić information content (AvgIpc) is 3.04. The van der Waals surface area contributed by atoms with Crippen LogP contribution in [0.25, 0.3) is 0 Å². The van der Waals surface area contributed by atoms with Gasteiger partial charge in [0.25, 0.3) is 10.0 Å². The summed E-state index contributed by atoms with van der Waals surface area (Å²) >= 11 is 0.646. The highest BCUT2D eigenvalue weighted by molar-refractivity contribution is 7.94. The van der Waals surface area contributed by atoms with E-state index < -0.39 is 22.0 Å². The third kappa shape index (κ3) is 4.45. The van der Waals surface area contributed by atoms with E-state index in [-0.39, 0.29) is 25.9 Å². The van der Waals surface area contributed by atoms with Crippen LogP contribution in [0.4, 0.5) is 5.69 Å². The van der Waals surface area contributed by atoms with Crippen LogP contribution in [0, 0.1) is 6.92 Å². The number of nitrogens with one attached hydrogen (secondary N) is 1. The van der Waals surface area contributed by atoms with Gasteiger partial charge in [0.1, 0.15) is 10.6 Å². The molecule has 0 spiro atoms. The highest BCUT2D eigenvalue weighted by Gasteiger charge is 2.33. The second-order valence-electron chi connectivity index (χ2n) is 5.65. The van der Waals surface area contributed by atoms with Gasteiger partial charge in [0, 0.05) is 0 Å². The minimum Gasteiger partial charge on any atom is -0.491 e. The first kappa shape index (κ1) is 21.7. The summed E-state index contributed by atoms with van der Waals surface area (Å²) in [5, 5.41) is 0. The third-order valence-corrected chi connectivity index (χ3v) is 6.87. The zero-order chi connectivity index (χ0) is 20.9. The molecule has 0 atom stereocenters. The van der Waals surface area contributed by atoms with Crippen LogP contribution in [-0.2, 0) is 19.5 Å². The number of rotatable bonds is 8. The van der Waals surface area contributed by atoms with Crippen LogP contribution in [0.5, 0.6) is 5.75 Å². The monoisotopic (exact) mass is 427 g/mol. The summed E-state index contributed by atoms with van der Waals surface area (Å²) in [5.74, 6) is -1.24. The summed E-state index contributed by atoms with van der Waals surface area (Å²) in [4.78, 5) is 24.2. The number of esters is 2. The molecular weight excluding hydrogens is 406 g/mol. The van der Waals surface area contributed by atoms with E-state index in [1.165, 1.54) is 14.0 Å². The lowest BCUT2D eigenvalue weighted by Gasteiger charge is -2.13. The summed E-state index contributed by atoms with van der Waals surface area (Å²) in [6.07, 6.45) is 0.750. The fourth-order valence-electron chi connectivity index (χ4n) is 2.38. The van der Waals surface area contributed by atoms with E-state index in [9.17, 15) is 18.0 Å². The van der Waals surface area contributed by atoms with Crippen molar-refractivity contribution in [1.29, 1.82) is 0 Å². The first-order chi connectivity index (χ1) is 13.3. The van der Waals surface area contributed by atoms with Crippen molar-refractivity contribution in [2.24, 2.45) is 0 Å². The van der Waals surface area contributed by atoms with Gasteiger partial charge in [-0.3, -0.25) is 4.72 Å². The Kier molecular flexibility index (Phi) is 7.03. The predicted molar refractivity (Wildman–Crippen MR) is 105 cm³/mol. The maximum absolute atomic E-state index is 13.0. The van der Waals surface area contributed by atoms with Crippen molar-refractivity contribution in [2.45, 2.75) is 24.5 Å². The number of ether oxygens (including phenoxy) is 3. The lowest BCUT2D eigenvalue weighted by molar-refractivity contribution is 0.0596. The van der Waals surface area contributed by atoms with Gasteiger partial charge in [0.2, 0.25) is 0 Å². The number of carbonyl (C=O) groups excluding carboxylic acids is 2. The van der Waals surface area contributed by atoms with Gasteiger partial charge in [0.05, 0.1) is 32.1 Å². The molecule has 0 bridgehead atoms. The van der Waals surface area contributed by atoms with Crippen LogP contribution >= 0.6 is 11.3 Å². The second-order valence-corrected chi connectivity index (χ2v) is 8.55. The highest BCUT2D eigenvalue weighted by Crippen LogP contribution is 2.35. The zero-order valence-electron chi connectivity index (χ0n) is 15.9. The van der Waals surface area contributed by atoms with Crippen molar-refractivity contribution in [3.63, 3.8) is 0 Å². The number of hydrogen-bond acceptors (Lipinski definition) is 8. The van der Waals surface area contributed by atoms with Gasteiger partial charge in [-0.15, -0.1) is 11.3 Å². The molecule has 10 heteroatoms. The van der Waals surface area contributed by atoms with E-state index in [1.807, 2.05) is 6.92 Å². The fourth-order valence-corrected chi connectivity index (χ4v) is 5.20. The number of benzene rings is 1. The average molecular weight is 428 g/mol. The van der Waals surface area contributed by atoms with Crippen molar-refractivity contribution in [1.82, 2.24) is 0 Å². The molecule has 0 aliphatic heterocycles. The molecule has 1 aromatic heterocycles. The molecule has 0 aliphatic rings. The number of anilines is 1. The molecule has 1 aromatic carbocycles. The number of thiophene rings is 1. The van der Waals surface area contributed by atoms with Gasteiger partial charge in [-0.1, -0.05) is 19.1 Å². The van der Waals surface area contributed by atoms with Crippen molar-refractivity contribution < 1.29 is 32.2 Å². The number of para-hydroxylation sites is 2. The summed E-state index contributed by atoms with van der Waals surface area (Å²) in [6, 6.07) is 6.54. The van der Waals surface area contributed by atoms with Crippen LogP contribution in [0.3, 0.4) is 0 Å². The largest absolute Gasteiger partial charge is 0.491 e. The minimum atomic E-state index is -4.21. The Balaban J connectivity index is 2.54. The van der Waals surface area contributed by atoms with Crippen LogP contribution in [-0.4, -0.2) is 41.2 Å². The van der Waals surface area contributed by atoms with Crippen LogP contribution in [0.2, 0.25) is 0 Å². The molecule has 1 heterocycles. The van der Waals surface area contributed by atoms with Gasteiger partial charge in [-0.2, -0.15) is 0 Å². The quantitative estimate of drug-likeness (QED) is 0.644. The topological polar surface area (TPSA) is 108 Å². The van der Waals surface area contributed by atoms with E-state index >= 15 is 0 Å².